The first-order chi connectivity index (χ1) is 10.3. The monoisotopic (exact) mass is 321 g/mol. The second-order valence-corrected chi connectivity index (χ2v) is 6.87. The minimum Gasteiger partial charge on any atom is -0.444 e. The fourth-order valence-electron chi connectivity index (χ4n) is 2.25. The number of nitrogens with zero attached hydrogens (tertiary/aromatic N) is 1. The lowest BCUT2D eigenvalue weighted by molar-refractivity contribution is 0.0475. The van der Waals surface area contributed by atoms with Gasteiger partial charge in [0.25, 0.3) is 0 Å². The predicted molar refractivity (Wildman–Crippen MR) is 86.0 cm³/mol. The van der Waals surface area contributed by atoms with Gasteiger partial charge in [-0.15, -0.1) is 0 Å². The fourth-order valence-corrected chi connectivity index (χ4v) is 2.43. The number of benzene rings is 1. The molecule has 2 N–H and O–H groups in total. The molecule has 0 aromatic heterocycles. The Morgan fingerprint density at radius 1 is 1.36 bits per heavy atom. The third kappa shape index (κ3) is 4.54. The number of carbonyl (C=O) groups excluding carboxylic acids is 1. The van der Waals surface area contributed by atoms with Crippen LogP contribution in [0.5, 0.6) is 0 Å². The Balaban J connectivity index is 1.81. The van der Waals surface area contributed by atoms with Crippen LogP contribution < -0.4 is 10.6 Å². The Morgan fingerprint density at radius 2 is 2.05 bits per heavy atom. The first-order valence-electron chi connectivity index (χ1n) is 7.22. The van der Waals surface area contributed by atoms with E-state index in [9.17, 15) is 4.79 Å². The number of rotatable bonds is 3. The summed E-state index contributed by atoms with van der Waals surface area (Å²) >= 11 is 6.11. The van der Waals surface area contributed by atoms with Crippen LogP contribution in [-0.4, -0.2) is 23.8 Å². The van der Waals surface area contributed by atoms with Crippen molar-refractivity contribution in [1.82, 2.24) is 5.32 Å². The van der Waals surface area contributed by atoms with Gasteiger partial charge in [-0.25, -0.2) is 4.79 Å². The Morgan fingerprint density at radius 3 is 2.64 bits per heavy atom. The summed E-state index contributed by atoms with van der Waals surface area (Å²) in [5.41, 5.74) is 0.826. The number of alkyl carbamates (subject to hydrolysis) is 1. The van der Waals surface area contributed by atoms with Crippen LogP contribution in [-0.2, 0) is 4.74 Å². The zero-order valence-electron chi connectivity index (χ0n) is 12.9. The van der Waals surface area contributed by atoms with E-state index >= 15 is 0 Å². The lowest BCUT2D eigenvalue weighted by Gasteiger charge is -2.37. The summed E-state index contributed by atoms with van der Waals surface area (Å²) in [7, 11) is 0. The van der Waals surface area contributed by atoms with Gasteiger partial charge in [-0.2, -0.15) is 5.26 Å². The molecule has 22 heavy (non-hydrogen) atoms. The Bertz CT molecular complexity index is 598. The van der Waals surface area contributed by atoms with Crippen molar-refractivity contribution < 1.29 is 9.53 Å². The van der Waals surface area contributed by atoms with Crippen molar-refractivity contribution in [3.05, 3.63) is 28.8 Å². The summed E-state index contributed by atoms with van der Waals surface area (Å²) < 4.78 is 5.22. The first kappa shape index (κ1) is 16.4. The Hall–Kier alpha value is -1.93. The molecule has 0 saturated heterocycles. The minimum absolute atomic E-state index is 0.102. The molecule has 1 aliphatic carbocycles. The highest BCUT2D eigenvalue weighted by Gasteiger charge is 2.31. The molecule has 0 spiro atoms. The molecule has 2 rings (SSSR count). The first-order valence-corrected chi connectivity index (χ1v) is 7.60. The van der Waals surface area contributed by atoms with Crippen molar-refractivity contribution in [2.75, 3.05) is 5.32 Å². The molecular formula is C16H20ClN3O2. The molecule has 0 unspecified atom stereocenters. The van der Waals surface area contributed by atoms with E-state index in [1.807, 2.05) is 20.8 Å². The average Bonchev–Trinajstić information content (AvgIpc) is 2.36. The van der Waals surface area contributed by atoms with E-state index in [-0.39, 0.29) is 18.2 Å². The second-order valence-electron chi connectivity index (χ2n) is 6.46. The molecule has 118 valence electrons. The molecule has 5 nitrogen and oxygen atoms in total. The lowest BCUT2D eigenvalue weighted by atomic mass is 9.86. The van der Waals surface area contributed by atoms with Crippen LogP contribution in [0.3, 0.4) is 0 Å². The van der Waals surface area contributed by atoms with Gasteiger partial charge in [0.15, 0.2) is 0 Å². The van der Waals surface area contributed by atoms with Gasteiger partial charge in [0.2, 0.25) is 0 Å². The highest BCUT2D eigenvalue weighted by atomic mass is 35.5. The third-order valence-corrected chi connectivity index (χ3v) is 3.64. The number of amides is 1. The van der Waals surface area contributed by atoms with E-state index < -0.39 is 5.60 Å². The van der Waals surface area contributed by atoms with E-state index in [1.54, 1.807) is 18.2 Å². The average molecular weight is 322 g/mol. The molecule has 1 aromatic rings. The van der Waals surface area contributed by atoms with Crippen molar-refractivity contribution in [2.45, 2.75) is 51.3 Å². The van der Waals surface area contributed by atoms with Crippen LogP contribution in [0.4, 0.5) is 10.5 Å². The van der Waals surface area contributed by atoms with Crippen LogP contribution >= 0.6 is 11.6 Å². The molecule has 1 saturated carbocycles. The van der Waals surface area contributed by atoms with Gasteiger partial charge in [-0.3, -0.25) is 0 Å². The normalized spacial score (nSPS) is 20.5. The van der Waals surface area contributed by atoms with Crippen LogP contribution in [0.2, 0.25) is 5.02 Å². The minimum atomic E-state index is -0.489. The predicted octanol–water partition coefficient (Wildman–Crippen LogP) is 3.68. The van der Waals surface area contributed by atoms with Gasteiger partial charge < -0.3 is 15.4 Å². The number of carbonyl (C=O) groups is 1. The number of ether oxygens (including phenoxy) is 1. The molecule has 0 atom stereocenters. The Kier molecular flexibility index (Phi) is 4.82. The summed E-state index contributed by atoms with van der Waals surface area (Å²) in [6.07, 6.45) is 1.21. The number of nitrogens with one attached hydrogen (secondary N) is 2. The van der Waals surface area contributed by atoms with Crippen LogP contribution in [0.15, 0.2) is 18.2 Å². The second kappa shape index (κ2) is 6.45. The number of halogens is 1. The van der Waals surface area contributed by atoms with Gasteiger partial charge in [0.05, 0.1) is 22.3 Å². The van der Waals surface area contributed by atoms with E-state index in [4.69, 9.17) is 21.6 Å². The topological polar surface area (TPSA) is 74.2 Å². The maximum Gasteiger partial charge on any atom is 0.407 e. The number of anilines is 1. The number of nitriles is 1. The van der Waals surface area contributed by atoms with Crippen LogP contribution in [0.1, 0.15) is 39.2 Å². The lowest BCUT2D eigenvalue weighted by Crippen LogP contribution is -2.50. The molecule has 0 radical (unpaired) electrons. The van der Waals surface area contributed by atoms with Crippen molar-refractivity contribution in [3.63, 3.8) is 0 Å². The molecule has 1 fully saturated rings. The van der Waals surface area contributed by atoms with E-state index in [2.05, 4.69) is 16.7 Å². The molecule has 0 bridgehead atoms. The highest BCUT2D eigenvalue weighted by Crippen LogP contribution is 2.29. The smallest absolute Gasteiger partial charge is 0.407 e. The number of hydrogen-bond donors (Lipinski definition) is 2. The van der Waals surface area contributed by atoms with Crippen molar-refractivity contribution >= 4 is 23.4 Å². The maximum absolute atomic E-state index is 11.7. The van der Waals surface area contributed by atoms with Gasteiger partial charge in [0.1, 0.15) is 5.60 Å². The molecule has 6 heteroatoms. The van der Waals surface area contributed by atoms with Crippen molar-refractivity contribution in [2.24, 2.45) is 0 Å². The van der Waals surface area contributed by atoms with Gasteiger partial charge in [0, 0.05) is 12.1 Å². The van der Waals surface area contributed by atoms with E-state index in [1.165, 1.54) is 0 Å². The fraction of sp³-hybridized carbons (Fsp3) is 0.500. The zero-order valence-corrected chi connectivity index (χ0v) is 13.7. The quantitative estimate of drug-likeness (QED) is 0.890. The maximum atomic E-state index is 11.7. The van der Waals surface area contributed by atoms with Gasteiger partial charge in [-0.05, 0) is 51.8 Å². The summed E-state index contributed by atoms with van der Waals surface area (Å²) in [5.74, 6) is 0. The number of hydrogen-bond acceptors (Lipinski definition) is 4. The highest BCUT2D eigenvalue weighted by molar-refractivity contribution is 6.33. The summed E-state index contributed by atoms with van der Waals surface area (Å²) in [6, 6.07) is 7.54. The van der Waals surface area contributed by atoms with E-state index in [0.29, 0.717) is 10.6 Å². The van der Waals surface area contributed by atoms with Crippen molar-refractivity contribution in [3.8, 4) is 6.07 Å². The van der Waals surface area contributed by atoms with Crippen molar-refractivity contribution in [1.29, 1.82) is 5.26 Å². The molecule has 1 aliphatic rings. The summed E-state index contributed by atoms with van der Waals surface area (Å²) in [5, 5.41) is 15.6. The molecule has 0 aliphatic heterocycles. The molecular weight excluding hydrogens is 302 g/mol. The van der Waals surface area contributed by atoms with Crippen LogP contribution in [0.25, 0.3) is 0 Å². The summed E-state index contributed by atoms with van der Waals surface area (Å²) in [6.45, 7) is 5.51. The zero-order chi connectivity index (χ0) is 16.3. The van der Waals surface area contributed by atoms with Crippen LogP contribution in [0, 0.1) is 11.3 Å². The third-order valence-electron chi connectivity index (χ3n) is 3.31. The SMILES string of the molecule is CC(C)(C)OC(=O)NC1CC(Nc2cc(C#N)ccc2Cl)C1. The van der Waals surface area contributed by atoms with E-state index in [0.717, 1.165) is 18.5 Å². The molecule has 0 heterocycles. The van der Waals surface area contributed by atoms with Gasteiger partial charge in [-0.1, -0.05) is 11.6 Å². The summed E-state index contributed by atoms with van der Waals surface area (Å²) in [4.78, 5) is 11.7. The molecule has 1 amide bonds. The largest absolute Gasteiger partial charge is 0.444 e. The van der Waals surface area contributed by atoms with Gasteiger partial charge >= 0.3 is 6.09 Å². The Labute approximate surface area is 135 Å². The standard InChI is InChI=1S/C16H20ClN3O2/c1-16(2,3)22-15(21)20-12-7-11(8-12)19-14-6-10(9-18)4-5-13(14)17/h4-6,11-12,19H,7-8H2,1-3H3,(H,20,21). The molecule has 1 aromatic carbocycles.